The second kappa shape index (κ2) is 8.66. The summed E-state index contributed by atoms with van der Waals surface area (Å²) in [7, 11) is 1.81. The van der Waals surface area contributed by atoms with Crippen LogP contribution in [-0.2, 0) is 4.74 Å². The molecule has 0 bridgehead atoms. The molecule has 1 aromatic carbocycles. The molecule has 0 saturated carbocycles. The van der Waals surface area contributed by atoms with Gasteiger partial charge in [0.1, 0.15) is 5.44 Å². The van der Waals surface area contributed by atoms with E-state index >= 15 is 0 Å². The molecule has 0 amide bonds. The summed E-state index contributed by atoms with van der Waals surface area (Å²) in [6.07, 6.45) is 6.38. The third kappa shape index (κ3) is 5.57. The molecule has 1 rings (SSSR count). The Kier molecular flexibility index (Phi) is 7.35. The number of rotatable bonds is 8. The van der Waals surface area contributed by atoms with Crippen molar-refractivity contribution < 1.29 is 4.74 Å². The van der Waals surface area contributed by atoms with Crippen molar-refractivity contribution >= 4 is 11.8 Å². The predicted octanol–water partition coefficient (Wildman–Crippen LogP) is 4.72. The Hall–Kier alpha value is -0.470. The number of thioether (sulfide) groups is 1. The highest BCUT2D eigenvalue weighted by molar-refractivity contribution is 7.99. The zero-order valence-corrected chi connectivity index (χ0v) is 11.1. The molecule has 2 heteroatoms. The molecule has 0 N–H and O–H groups in total. The van der Waals surface area contributed by atoms with Crippen LogP contribution in [0.15, 0.2) is 35.2 Å². The second-order valence-electron chi connectivity index (χ2n) is 3.95. The minimum atomic E-state index is 0.305. The molecule has 0 spiro atoms. The first-order valence-corrected chi connectivity index (χ1v) is 6.99. The molecule has 16 heavy (non-hydrogen) atoms. The summed E-state index contributed by atoms with van der Waals surface area (Å²) >= 11 is 1.82. The maximum atomic E-state index is 5.50. The van der Waals surface area contributed by atoms with Gasteiger partial charge in [-0.3, -0.25) is 0 Å². The Bertz CT molecular complexity index is 261. The molecule has 0 aromatic heterocycles. The fourth-order valence-electron chi connectivity index (χ4n) is 1.61. The van der Waals surface area contributed by atoms with Crippen LogP contribution in [0.2, 0.25) is 0 Å². The first-order chi connectivity index (χ1) is 7.86. The fraction of sp³-hybridized carbons (Fsp3) is 0.571. The summed E-state index contributed by atoms with van der Waals surface area (Å²) in [5.41, 5.74) is 0.305. The minimum Gasteiger partial charge on any atom is -0.370 e. The van der Waals surface area contributed by atoms with Gasteiger partial charge in [-0.1, -0.05) is 56.1 Å². The van der Waals surface area contributed by atoms with Gasteiger partial charge in [0.15, 0.2) is 0 Å². The first kappa shape index (κ1) is 13.6. The monoisotopic (exact) mass is 238 g/mol. The van der Waals surface area contributed by atoms with E-state index in [1.54, 1.807) is 7.11 Å². The van der Waals surface area contributed by atoms with Gasteiger partial charge in [0, 0.05) is 12.0 Å². The molecule has 0 radical (unpaired) electrons. The van der Waals surface area contributed by atoms with Crippen molar-refractivity contribution in [3.8, 4) is 0 Å². The third-order valence-corrected chi connectivity index (χ3v) is 3.80. The van der Waals surface area contributed by atoms with E-state index in [9.17, 15) is 0 Å². The molecule has 0 aliphatic rings. The molecule has 0 aliphatic heterocycles. The van der Waals surface area contributed by atoms with Crippen LogP contribution in [0.3, 0.4) is 0 Å². The van der Waals surface area contributed by atoms with Crippen molar-refractivity contribution in [2.24, 2.45) is 0 Å². The van der Waals surface area contributed by atoms with Gasteiger partial charge >= 0.3 is 0 Å². The van der Waals surface area contributed by atoms with Gasteiger partial charge in [-0.15, -0.1) is 0 Å². The lowest BCUT2D eigenvalue weighted by Crippen LogP contribution is -2.04. The second-order valence-corrected chi connectivity index (χ2v) is 5.18. The lowest BCUT2D eigenvalue weighted by atomic mass is 10.2. The highest BCUT2D eigenvalue weighted by Gasteiger charge is 2.08. The van der Waals surface area contributed by atoms with Crippen LogP contribution in [0.25, 0.3) is 0 Å². The van der Waals surface area contributed by atoms with Crippen molar-refractivity contribution in [2.75, 3.05) is 7.11 Å². The van der Waals surface area contributed by atoms with Crippen LogP contribution < -0.4 is 0 Å². The third-order valence-electron chi connectivity index (χ3n) is 2.57. The summed E-state index contributed by atoms with van der Waals surface area (Å²) in [5.74, 6) is 0. The van der Waals surface area contributed by atoms with E-state index in [1.165, 1.54) is 30.6 Å². The van der Waals surface area contributed by atoms with Crippen molar-refractivity contribution in [2.45, 2.75) is 49.4 Å². The average molecular weight is 238 g/mol. The van der Waals surface area contributed by atoms with Gasteiger partial charge in [0.2, 0.25) is 0 Å². The molecule has 1 unspecified atom stereocenters. The number of hydrogen-bond donors (Lipinski definition) is 0. The highest BCUT2D eigenvalue weighted by atomic mass is 32.2. The Balaban J connectivity index is 2.26. The Labute approximate surface area is 104 Å². The van der Waals surface area contributed by atoms with Gasteiger partial charge < -0.3 is 4.74 Å². The van der Waals surface area contributed by atoms with Gasteiger partial charge in [-0.05, 0) is 25.0 Å². The molecular formula is C14H22OS. The van der Waals surface area contributed by atoms with Crippen LogP contribution >= 0.6 is 11.8 Å². The summed E-state index contributed by atoms with van der Waals surface area (Å²) in [6.45, 7) is 2.24. The largest absolute Gasteiger partial charge is 0.370 e. The smallest absolute Gasteiger partial charge is 0.107 e. The maximum Gasteiger partial charge on any atom is 0.107 e. The Morgan fingerprint density at radius 1 is 1.12 bits per heavy atom. The molecule has 0 saturated heterocycles. The summed E-state index contributed by atoms with van der Waals surface area (Å²) < 4.78 is 5.50. The van der Waals surface area contributed by atoms with E-state index in [1.807, 2.05) is 17.8 Å². The topological polar surface area (TPSA) is 9.23 Å². The van der Waals surface area contributed by atoms with Crippen molar-refractivity contribution in [3.63, 3.8) is 0 Å². The fourth-order valence-corrected chi connectivity index (χ4v) is 2.61. The lowest BCUT2D eigenvalue weighted by Gasteiger charge is -2.14. The SMILES string of the molecule is CCCCCCC(OC)Sc1ccccc1. The molecule has 1 aromatic rings. The van der Waals surface area contributed by atoms with E-state index in [0.29, 0.717) is 5.44 Å². The molecule has 1 atom stereocenters. The number of unbranched alkanes of at least 4 members (excludes halogenated alkanes) is 3. The number of ether oxygens (including phenoxy) is 1. The van der Waals surface area contributed by atoms with E-state index in [2.05, 4.69) is 31.2 Å². The van der Waals surface area contributed by atoms with E-state index in [4.69, 9.17) is 4.74 Å². The normalized spacial score (nSPS) is 12.6. The van der Waals surface area contributed by atoms with Crippen molar-refractivity contribution in [3.05, 3.63) is 30.3 Å². The van der Waals surface area contributed by atoms with E-state index in [0.717, 1.165) is 6.42 Å². The van der Waals surface area contributed by atoms with Gasteiger partial charge in [0.05, 0.1) is 0 Å². The summed E-state index contributed by atoms with van der Waals surface area (Å²) in [4.78, 5) is 1.30. The van der Waals surface area contributed by atoms with Gasteiger partial charge in [-0.25, -0.2) is 0 Å². The summed E-state index contributed by atoms with van der Waals surface area (Å²) in [6, 6.07) is 10.5. The highest BCUT2D eigenvalue weighted by Crippen LogP contribution is 2.26. The zero-order chi connectivity index (χ0) is 11.6. The Morgan fingerprint density at radius 3 is 2.50 bits per heavy atom. The van der Waals surface area contributed by atoms with Crippen LogP contribution in [0.5, 0.6) is 0 Å². The van der Waals surface area contributed by atoms with Crippen LogP contribution in [0.1, 0.15) is 39.0 Å². The zero-order valence-electron chi connectivity index (χ0n) is 10.3. The number of hydrogen-bond acceptors (Lipinski definition) is 2. The molecule has 90 valence electrons. The predicted molar refractivity (Wildman–Crippen MR) is 71.9 cm³/mol. The van der Waals surface area contributed by atoms with E-state index in [-0.39, 0.29) is 0 Å². The molecule has 0 fully saturated rings. The van der Waals surface area contributed by atoms with Crippen molar-refractivity contribution in [1.82, 2.24) is 0 Å². The number of methoxy groups -OCH3 is 1. The molecule has 0 heterocycles. The minimum absolute atomic E-state index is 0.305. The maximum absolute atomic E-state index is 5.50. The molecule has 1 nitrogen and oxygen atoms in total. The Morgan fingerprint density at radius 2 is 1.88 bits per heavy atom. The van der Waals surface area contributed by atoms with Crippen molar-refractivity contribution in [1.29, 1.82) is 0 Å². The summed E-state index contributed by atoms with van der Waals surface area (Å²) in [5, 5.41) is 0. The number of benzene rings is 1. The van der Waals surface area contributed by atoms with Crippen LogP contribution in [0.4, 0.5) is 0 Å². The quantitative estimate of drug-likeness (QED) is 0.368. The average Bonchev–Trinajstić information content (AvgIpc) is 2.34. The first-order valence-electron chi connectivity index (χ1n) is 6.11. The van der Waals surface area contributed by atoms with E-state index < -0.39 is 0 Å². The van der Waals surface area contributed by atoms with Crippen LogP contribution in [0, 0.1) is 0 Å². The van der Waals surface area contributed by atoms with Crippen LogP contribution in [-0.4, -0.2) is 12.5 Å². The molecular weight excluding hydrogens is 216 g/mol. The molecule has 0 aliphatic carbocycles. The standard InChI is InChI=1S/C14H22OS/c1-3-4-5-9-12-14(15-2)16-13-10-7-6-8-11-13/h6-8,10-11,14H,3-5,9,12H2,1-2H3. The lowest BCUT2D eigenvalue weighted by molar-refractivity contribution is 0.163. The van der Waals surface area contributed by atoms with Gasteiger partial charge in [-0.2, -0.15) is 0 Å². The van der Waals surface area contributed by atoms with Gasteiger partial charge in [0.25, 0.3) is 0 Å².